The summed E-state index contributed by atoms with van der Waals surface area (Å²) in [6, 6.07) is 5.08. The molecule has 0 aromatic heterocycles. The summed E-state index contributed by atoms with van der Waals surface area (Å²) in [6.45, 7) is 2.63. The van der Waals surface area contributed by atoms with Gasteiger partial charge in [-0.05, 0) is 24.6 Å². The maximum absolute atomic E-state index is 11.0. The molecule has 0 heterocycles. The highest BCUT2D eigenvalue weighted by atomic mass is 35.5. The second kappa shape index (κ2) is 6.61. The zero-order chi connectivity index (χ0) is 12.0. The van der Waals surface area contributed by atoms with Crippen LogP contribution in [0.2, 0.25) is 5.02 Å². The van der Waals surface area contributed by atoms with Gasteiger partial charge in [0.05, 0.1) is 11.6 Å². The van der Waals surface area contributed by atoms with Crippen LogP contribution in [0.4, 0.5) is 5.69 Å². The van der Waals surface area contributed by atoms with Gasteiger partial charge in [0.15, 0.2) is 0 Å². The van der Waals surface area contributed by atoms with Gasteiger partial charge >= 0.3 is 0 Å². The molecule has 0 bridgehead atoms. The summed E-state index contributed by atoms with van der Waals surface area (Å²) in [7, 11) is 0. The molecule has 5 heteroatoms. The van der Waals surface area contributed by atoms with Crippen LogP contribution in [0, 0.1) is 0 Å². The van der Waals surface area contributed by atoms with Crippen LogP contribution in [0.15, 0.2) is 18.2 Å². The Morgan fingerprint density at radius 3 is 2.81 bits per heavy atom. The van der Waals surface area contributed by atoms with Crippen LogP contribution in [-0.2, 0) is 4.79 Å². The van der Waals surface area contributed by atoms with Crippen LogP contribution in [0.3, 0.4) is 0 Å². The van der Waals surface area contributed by atoms with E-state index >= 15 is 0 Å². The lowest BCUT2D eigenvalue weighted by Gasteiger charge is -2.09. The van der Waals surface area contributed by atoms with E-state index in [2.05, 4.69) is 5.32 Å². The molecule has 0 aliphatic carbocycles. The summed E-state index contributed by atoms with van der Waals surface area (Å²) < 4.78 is 5.40. The second-order valence-corrected chi connectivity index (χ2v) is 3.85. The number of anilines is 1. The minimum Gasteiger partial charge on any atom is -0.492 e. The van der Waals surface area contributed by atoms with Gasteiger partial charge < -0.3 is 10.1 Å². The summed E-state index contributed by atoms with van der Waals surface area (Å²) in [5, 5.41) is 3.08. The van der Waals surface area contributed by atoms with E-state index < -0.39 is 0 Å². The SMILES string of the molecule is CCCOc1ccc(NC(=O)CCl)cc1Cl. The van der Waals surface area contributed by atoms with Crippen molar-refractivity contribution in [1.29, 1.82) is 0 Å². The van der Waals surface area contributed by atoms with E-state index in [0.29, 0.717) is 23.1 Å². The monoisotopic (exact) mass is 261 g/mol. The fourth-order valence-corrected chi connectivity index (χ4v) is 1.40. The van der Waals surface area contributed by atoms with Crippen LogP contribution in [0.1, 0.15) is 13.3 Å². The van der Waals surface area contributed by atoms with E-state index in [1.807, 2.05) is 6.92 Å². The second-order valence-electron chi connectivity index (χ2n) is 3.18. The molecule has 1 N–H and O–H groups in total. The van der Waals surface area contributed by atoms with E-state index in [-0.39, 0.29) is 11.8 Å². The first-order valence-corrected chi connectivity index (χ1v) is 5.86. The number of hydrogen-bond acceptors (Lipinski definition) is 2. The average Bonchev–Trinajstić information content (AvgIpc) is 2.28. The first-order chi connectivity index (χ1) is 7.67. The Kier molecular flexibility index (Phi) is 5.43. The van der Waals surface area contributed by atoms with Gasteiger partial charge in [-0.2, -0.15) is 0 Å². The minimum absolute atomic E-state index is 0.0777. The smallest absolute Gasteiger partial charge is 0.239 e. The largest absolute Gasteiger partial charge is 0.492 e. The lowest BCUT2D eigenvalue weighted by atomic mass is 10.3. The van der Waals surface area contributed by atoms with Crippen molar-refractivity contribution in [2.45, 2.75) is 13.3 Å². The molecular weight excluding hydrogens is 249 g/mol. The molecule has 3 nitrogen and oxygen atoms in total. The van der Waals surface area contributed by atoms with E-state index in [1.54, 1.807) is 18.2 Å². The molecule has 0 atom stereocenters. The number of alkyl halides is 1. The Labute approximate surface area is 105 Å². The molecule has 0 aliphatic heterocycles. The predicted octanol–water partition coefficient (Wildman–Crippen LogP) is 3.31. The molecule has 0 radical (unpaired) electrons. The minimum atomic E-state index is -0.264. The number of nitrogens with one attached hydrogen (secondary N) is 1. The normalized spacial score (nSPS) is 9.94. The number of rotatable bonds is 5. The molecule has 0 spiro atoms. The van der Waals surface area contributed by atoms with Gasteiger partial charge in [-0.3, -0.25) is 4.79 Å². The highest BCUT2D eigenvalue weighted by Gasteiger charge is 2.05. The van der Waals surface area contributed by atoms with Crippen molar-refractivity contribution in [3.63, 3.8) is 0 Å². The van der Waals surface area contributed by atoms with Crippen molar-refractivity contribution in [3.05, 3.63) is 23.2 Å². The number of carbonyl (C=O) groups excluding carboxylic acids is 1. The maximum atomic E-state index is 11.0. The third kappa shape index (κ3) is 3.91. The summed E-state index contributed by atoms with van der Waals surface area (Å²) >= 11 is 11.4. The predicted molar refractivity (Wildman–Crippen MR) is 66.6 cm³/mol. The van der Waals surface area contributed by atoms with Crippen molar-refractivity contribution in [1.82, 2.24) is 0 Å². The van der Waals surface area contributed by atoms with Crippen LogP contribution < -0.4 is 10.1 Å². The fourth-order valence-electron chi connectivity index (χ4n) is 1.10. The molecule has 1 amide bonds. The Hall–Kier alpha value is -0.930. The number of benzene rings is 1. The zero-order valence-corrected chi connectivity index (χ0v) is 10.4. The van der Waals surface area contributed by atoms with Gasteiger partial charge in [0.2, 0.25) is 5.91 Å². The van der Waals surface area contributed by atoms with Gasteiger partial charge in [-0.25, -0.2) is 0 Å². The Morgan fingerprint density at radius 2 is 2.25 bits per heavy atom. The third-order valence-corrected chi connectivity index (χ3v) is 2.34. The van der Waals surface area contributed by atoms with E-state index in [9.17, 15) is 4.79 Å². The summed E-state index contributed by atoms with van der Waals surface area (Å²) in [4.78, 5) is 11.0. The first kappa shape index (κ1) is 13.1. The van der Waals surface area contributed by atoms with Gasteiger partial charge in [-0.15, -0.1) is 11.6 Å². The number of amides is 1. The molecule has 0 fully saturated rings. The molecule has 0 aliphatic rings. The molecule has 0 saturated carbocycles. The molecule has 0 saturated heterocycles. The lowest BCUT2D eigenvalue weighted by Crippen LogP contribution is -2.12. The van der Waals surface area contributed by atoms with Crippen molar-refractivity contribution < 1.29 is 9.53 Å². The topological polar surface area (TPSA) is 38.3 Å². The van der Waals surface area contributed by atoms with Crippen LogP contribution in [-0.4, -0.2) is 18.4 Å². The average molecular weight is 262 g/mol. The van der Waals surface area contributed by atoms with Crippen LogP contribution >= 0.6 is 23.2 Å². The van der Waals surface area contributed by atoms with E-state index in [0.717, 1.165) is 6.42 Å². The maximum Gasteiger partial charge on any atom is 0.239 e. The highest BCUT2D eigenvalue weighted by Crippen LogP contribution is 2.27. The zero-order valence-electron chi connectivity index (χ0n) is 8.93. The summed E-state index contributed by atoms with van der Waals surface area (Å²) in [5.74, 6) is 0.276. The lowest BCUT2D eigenvalue weighted by molar-refractivity contribution is -0.113. The van der Waals surface area contributed by atoms with Crippen LogP contribution in [0.25, 0.3) is 0 Å². The Bertz CT molecular complexity index is 369. The van der Waals surface area contributed by atoms with Crippen molar-refractivity contribution in [2.24, 2.45) is 0 Å². The Balaban J connectivity index is 2.70. The first-order valence-electron chi connectivity index (χ1n) is 4.95. The number of halogens is 2. The van der Waals surface area contributed by atoms with Gasteiger partial charge in [0, 0.05) is 5.69 Å². The van der Waals surface area contributed by atoms with Gasteiger partial charge in [0.1, 0.15) is 11.6 Å². The number of hydrogen-bond donors (Lipinski definition) is 1. The van der Waals surface area contributed by atoms with Crippen molar-refractivity contribution in [3.8, 4) is 5.75 Å². The highest BCUT2D eigenvalue weighted by molar-refractivity contribution is 6.32. The Morgan fingerprint density at radius 1 is 1.50 bits per heavy atom. The van der Waals surface area contributed by atoms with Crippen molar-refractivity contribution in [2.75, 3.05) is 17.8 Å². The quantitative estimate of drug-likeness (QED) is 0.827. The standard InChI is InChI=1S/C11H13Cl2NO2/c1-2-5-16-10-4-3-8(6-9(10)13)14-11(15)7-12/h3-4,6H,2,5,7H2,1H3,(H,14,15). The molecule has 1 aromatic carbocycles. The molecule has 16 heavy (non-hydrogen) atoms. The van der Waals surface area contributed by atoms with Crippen molar-refractivity contribution >= 4 is 34.8 Å². The fraction of sp³-hybridized carbons (Fsp3) is 0.364. The number of ether oxygens (including phenoxy) is 1. The van der Waals surface area contributed by atoms with E-state index in [1.165, 1.54) is 0 Å². The van der Waals surface area contributed by atoms with E-state index in [4.69, 9.17) is 27.9 Å². The third-order valence-electron chi connectivity index (χ3n) is 1.80. The molecule has 1 rings (SSSR count). The van der Waals surface area contributed by atoms with Gasteiger partial charge in [0.25, 0.3) is 0 Å². The molecule has 1 aromatic rings. The number of carbonyl (C=O) groups is 1. The molecule has 0 unspecified atom stereocenters. The van der Waals surface area contributed by atoms with Crippen LogP contribution in [0.5, 0.6) is 5.75 Å². The van der Waals surface area contributed by atoms with Gasteiger partial charge in [-0.1, -0.05) is 18.5 Å². The summed E-state index contributed by atoms with van der Waals surface area (Å²) in [6.07, 6.45) is 0.918. The molecule has 88 valence electrons. The molecular formula is C11H13Cl2NO2. The summed E-state index contributed by atoms with van der Waals surface area (Å²) in [5.41, 5.74) is 0.611.